The van der Waals surface area contributed by atoms with Crippen molar-refractivity contribution in [3.8, 4) is 11.3 Å². The van der Waals surface area contributed by atoms with E-state index in [-0.39, 0.29) is 23.1 Å². The van der Waals surface area contributed by atoms with Gasteiger partial charge < -0.3 is 10.3 Å². The Bertz CT molecular complexity index is 1900. The van der Waals surface area contributed by atoms with E-state index in [4.69, 9.17) is 0 Å². The Kier molecular flexibility index (Phi) is 5.30. The molecule has 0 atom stereocenters. The number of carbonyl (C=O) groups is 1. The molecule has 4 heterocycles. The van der Waals surface area contributed by atoms with E-state index in [1.807, 2.05) is 75.4 Å². The summed E-state index contributed by atoms with van der Waals surface area (Å²) in [5, 5.41) is 9.39. The van der Waals surface area contributed by atoms with Gasteiger partial charge in [-0.25, -0.2) is 4.52 Å². The fraction of sp³-hybridized carbons (Fsp3) is 0.138. The predicted molar refractivity (Wildman–Crippen MR) is 145 cm³/mol. The molecule has 0 unspecified atom stereocenters. The van der Waals surface area contributed by atoms with Crippen molar-refractivity contribution in [3.63, 3.8) is 0 Å². The van der Waals surface area contributed by atoms with Gasteiger partial charge in [0.05, 0.1) is 28.6 Å². The van der Waals surface area contributed by atoms with E-state index in [1.54, 1.807) is 18.6 Å². The minimum absolute atomic E-state index is 0.107. The van der Waals surface area contributed by atoms with Crippen molar-refractivity contribution in [1.82, 2.24) is 24.6 Å². The maximum atomic E-state index is 13.5. The Morgan fingerprint density at radius 1 is 1.00 bits per heavy atom. The second-order valence-electron chi connectivity index (χ2n) is 9.40. The van der Waals surface area contributed by atoms with Crippen LogP contribution in [0.4, 0.5) is 5.69 Å². The predicted octanol–water partition coefficient (Wildman–Crippen LogP) is 5.47. The Morgan fingerprint density at radius 2 is 1.78 bits per heavy atom. The van der Waals surface area contributed by atoms with Crippen LogP contribution in [0.5, 0.6) is 0 Å². The van der Waals surface area contributed by atoms with Crippen molar-refractivity contribution in [2.45, 2.75) is 26.7 Å². The summed E-state index contributed by atoms with van der Waals surface area (Å²) in [6.45, 7) is 5.91. The SMILES string of the molecule is Cc1cccc2ncc(-c3cn4nc(C(=O)Nc5cccc6ncccc56)c(C(C)C)c4c(=O)[nH]3)cc12. The fourth-order valence-electron chi connectivity index (χ4n) is 4.80. The zero-order valence-electron chi connectivity index (χ0n) is 20.6. The van der Waals surface area contributed by atoms with E-state index in [0.29, 0.717) is 22.5 Å². The summed E-state index contributed by atoms with van der Waals surface area (Å²) in [4.78, 5) is 38.7. The fourth-order valence-corrected chi connectivity index (χ4v) is 4.80. The third-order valence-electron chi connectivity index (χ3n) is 6.60. The summed E-state index contributed by atoms with van der Waals surface area (Å²) in [5.74, 6) is -0.489. The van der Waals surface area contributed by atoms with Gasteiger partial charge in [-0.05, 0) is 54.8 Å². The highest BCUT2D eigenvalue weighted by atomic mass is 16.2. The molecule has 0 aliphatic carbocycles. The first kappa shape index (κ1) is 22.6. The number of aromatic amines is 1. The van der Waals surface area contributed by atoms with Crippen molar-refractivity contribution in [2.75, 3.05) is 5.32 Å². The maximum absolute atomic E-state index is 13.5. The number of anilines is 1. The van der Waals surface area contributed by atoms with Crippen LogP contribution in [0.15, 0.2) is 78.0 Å². The molecule has 0 saturated heterocycles. The van der Waals surface area contributed by atoms with E-state index in [2.05, 4.69) is 25.4 Å². The standard InChI is InChI=1S/C29H24N6O2/c1-16(2)25-26(28(36)32-23-11-5-10-21-19(23)8-6-12-30-21)34-35-15-24(33-29(37)27(25)35)18-13-20-17(3)7-4-9-22(20)31-14-18/h4-16H,1-3H3,(H,32,36)(H,33,37). The van der Waals surface area contributed by atoms with Gasteiger partial charge in [0.25, 0.3) is 11.5 Å². The molecule has 1 amide bonds. The lowest BCUT2D eigenvalue weighted by Crippen LogP contribution is -2.16. The van der Waals surface area contributed by atoms with Crippen molar-refractivity contribution in [1.29, 1.82) is 0 Å². The van der Waals surface area contributed by atoms with Crippen molar-refractivity contribution < 1.29 is 4.79 Å². The number of H-pyrrole nitrogens is 1. The number of benzene rings is 2. The van der Waals surface area contributed by atoms with Crippen LogP contribution in [0, 0.1) is 6.92 Å². The molecule has 182 valence electrons. The number of pyridine rings is 2. The van der Waals surface area contributed by atoms with Gasteiger partial charge in [-0.15, -0.1) is 0 Å². The quantitative estimate of drug-likeness (QED) is 0.342. The number of carbonyl (C=O) groups excluding carboxylic acids is 1. The monoisotopic (exact) mass is 488 g/mol. The summed E-state index contributed by atoms with van der Waals surface area (Å²) in [6, 6.07) is 17.2. The highest BCUT2D eigenvalue weighted by Crippen LogP contribution is 2.28. The van der Waals surface area contributed by atoms with Gasteiger partial charge in [-0.2, -0.15) is 5.10 Å². The molecule has 0 bridgehead atoms. The molecule has 0 fully saturated rings. The molecule has 2 aromatic carbocycles. The van der Waals surface area contributed by atoms with Gasteiger partial charge in [0.15, 0.2) is 5.69 Å². The van der Waals surface area contributed by atoms with Crippen LogP contribution >= 0.6 is 0 Å². The van der Waals surface area contributed by atoms with E-state index in [0.717, 1.165) is 32.9 Å². The maximum Gasteiger partial charge on any atom is 0.276 e. The van der Waals surface area contributed by atoms with E-state index < -0.39 is 0 Å². The second-order valence-corrected chi connectivity index (χ2v) is 9.40. The largest absolute Gasteiger partial charge is 0.320 e. The Labute approximate surface area is 212 Å². The van der Waals surface area contributed by atoms with E-state index in [9.17, 15) is 9.59 Å². The molecule has 8 heteroatoms. The van der Waals surface area contributed by atoms with Gasteiger partial charge in [-0.3, -0.25) is 19.6 Å². The highest BCUT2D eigenvalue weighted by molar-refractivity contribution is 6.09. The number of hydrogen-bond donors (Lipinski definition) is 2. The minimum atomic E-state index is -0.382. The molecule has 0 radical (unpaired) electrons. The molecular weight excluding hydrogens is 464 g/mol. The number of aromatic nitrogens is 5. The molecule has 0 aliphatic heterocycles. The average molecular weight is 489 g/mol. The summed E-state index contributed by atoms with van der Waals surface area (Å²) in [7, 11) is 0. The molecule has 6 rings (SSSR count). The van der Waals surface area contributed by atoms with Crippen molar-refractivity contribution in [2.24, 2.45) is 0 Å². The normalized spacial score (nSPS) is 11.6. The molecular formula is C29H24N6O2. The second kappa shape index (κ2) is 8.67. The molecule has 0 saturated carbocycles. The summed E-state index contributed by atoms with van der Waals surface area (Å²) < 4.78 is 1.51. The molecule has 0 aliphatic rings. The van der Waals surface area contributed by atoms with Crippen LogP contribution < -0.4 is 10.9 Å². The lowest BCUT2D eigenvalue weighted by molar-refractivity contribution is 0.102. The van der Waals surface area contributed by atoms with Crippen molar-refractivity contribution >= 4 is 38.9 Å². The number of fused-ring (bicyclic) bond motifs is 3. The molecule has 8 nitrogen and oxygen atoms in total. The first-order chi connectivity index (χ1) is 17.9. The Balaban J connectivity index is 1.47. The van der Waals surface area contributed by atoms with Crippen LogP contribution in [0.25, 0.3) is 38.6 Å². The van der Waals surface area contributed by atoms with Gasteiger partial charge in [0.1, 0.15) is 5.52 Å². The Morgan fingerprint density at radius 3 is 2.59 bits per heavy atom. The summed E-state index contributed by atoms with van der Waals surface area (Å²) in [6.07, 6.45) is 5.18. The number of hydrogen-bond acceptors (Lipinski definition) is 5. The Hall–Kier alpha value is -4.85. The number of nitrogens with zero attached hydrogens (tertiary/aromatic N) is 4. The van der Waals surface area contributed by atoms with Gasteiger partial charge in [-0.1, -0.05) is 32.0 Å². The summed E-state index contributed by atoms with van der Waals surface area (Å²) >= 11 is 0. The van der Waals surface area contributed by atoms with Gasteiger partial charge in [0, 0.05) is 34.3 Å². The topological polar surface area (TPSA) is 105 Å². The average Bonchev–Trinajstić information content (AvgIpc) is 3.30. The van der Waals surface area contributed by atoms with Crippen LogP contribution in [0.1, 0.15) is 41.4 Å². The number of aryl methyl sites for hydroxylation is 1. The first-order valence-electron chi connectivity index (χ1n) is 12.1. The number of rotatable bonds is 4. The first-order valence-corrected chi connectivity index (χ1v) is 12.1. The van der Waals surface area contributed by atoms with Gasteiger partial charge in [0.2, 0.25) is 0 Å². The molecule has 4 aromatic heterocycles. The smallest absolute Gasteiger partial charge is 0.276 e. The lowest BCUT2D eigenvalue weighted by Gasteiger charge is -2.09. The minimum Gasteiger partial charge on any atom is -0.320 e. The lowest BCUT2D eigenvalue weighted by atomic mass is 10.0. The van der Waals surface area contributed by atoms with Gasteiger partial charge >= 0.3 is 0 Å². The van der Waals surface area contributed by atoms with E-state index in [1.165, 1.54) is 4.52 Å². The summed E-state index contributed by atoms with van der Waals surface area (Å²) in [5.41, 5.74) is 5.57. The molecule has 6 aromatic rings. The molecule has 37 heavy (non-hydrogen) atoms. The molecule has 0 spiro atoms. The van der Waals surface area contributed by atoms with Crippen LogP contribution in [-0.2, 0) is 0 Å². The number of amides is 1. The third kappa shape index (κ3) is 3.83. The van der Waals surface area contributed by atoms with Crippen LogP contribution in [0.2, 0.25) is 0 Å². The number of nitrogens with one attached hydrogen (secondary N) is 2. The third-order valence-corrected chi connectivity index (χ3v) is 6.60. The zero-order chi connectivity index (χ0) is 25.7. The zero-order valence-corrected chi connectivity index (χ0v) is 20.6. The molecule has 2 N–H and O–H groups in total. The van der Waals surface area contributed by atoms with E-state index >= 15 is 0 Å². The van der Waals surface area contributed by atoms with Crippen molar-refractivity contribution in [3.05, 3.63) is 100 Å². The van der Waals surface area contributed by atoms with Crippen LogP contribution in [0.3, 0.4) is 0 Å². The highest BCUT2D eigenvalue weighted by Gasteiger charge is 2.24. The van der Waals surface area contributed by atoms with Crippen LogP contribution in [-0.4, -0.2) is 30.5 Å².